The number of benzene rings is 1. The summed E-state index contributed by atoms with van der Waals surface area (Å²) < 4.78 is 19.7. The van der Waals surface area contributed by atoms with E-state index in [-0.39, 0.29) is 12.6 Å². The number of para-hydroxylation sites is 1. The maximum Gasteiger partial charge on any atom is 0.274 e. The molecule has 3 aromatic rings. The van der Waals surface area contributed by atoms with Crippen molar-refractivity contribution in [3.8, 4) is 17.2 Å². The maximum atomic E-state index is 12.7. The van der Waals surface area contributed by atoms with Gasteiger partial charge < -0.3 is 19.1 Å². The highest BCUT2D eigenvalue weighted by Crippen LogP contribution is 2.36. The van der Waals surface area contributed by atoms with Gasteiger partial charge in [0.05, 0.1) is 19.9 Å². The molecule has 0 atom stereocenters. The Hall–Kier alpha value is -3.49. The van der Waals surface area contributed by atoms with Gasteiger partial charge in [0.2, 0.25) is 5.75 Å². The molecule has 0 bridgehead atoms. The van der Waals surface area contributed by atoms with Crippen molar-refractivity contribution in [2.45, 2.75) is 20.2 Å². The lowest BCUT2D eigenvalue weighted by atomic mass is 10.2. The lowest BCUT2D eigenvalue weighted by Gasteiger charge is -2.15. The Labute approximate surface area is 169 Å². The van der Waals surface area contributed by atoms with E-state index in [0.717, 1.165) is 11.3 Å². The van der Waals surface area contributed by atoms with Crippen molar-refractivity contribution in [2.75, 3.05) is 21.3 Å². The second kappa shape index (κ2) is 8.68. The Morgan fingerprint density at radius 3 is 2.41 bits per heavy atom. The summed E-state index contributed by atoms with van der Waals surface area (Å²) in [5.41, 5.74) is 2.23. The number of carbonyl (C=O) groups is 1. The number of methoxy groups -OCH3 is 2. The van der Waals surface area contributed by atoms with Crippen LogP contribution in [-0.4, -0.2) is 51.6 Å². The smallest absolute Gasteiger partial charge is 0.274 e. The highest BCUT2D eigenvalue weighted by Gasteiger charge is 2.17. The van der Waals surface area contributed by atoms with Gasteiger partial charge in [-0.2, -0.15) is 10.2 Å². The van der Waals surface area contributed by atoms with Crippen LogP contribution in [0, 0.1) is 6.92 Å². The molecule has 0 aliphatic rings. The molecule has 1 aromatic carbocycles. The average Bonchev–Trinajstić information content (AvgIpc) is 3.31. The molecule has 29 heavy (non-hydrogen) atoms. The van der Waals surface area contributed by atoms with Crippen LogP contribution in [0.3, 0.4) is 0 Å². The summed E-state index contributed by atoms with van der Waals surface area (Å²) in [5.74, 6) is 1.41. The number of hydrogen-bond acceptors (Lipinski definition) is 6. The molecule has 0 saturated heterocycles. The number of amides is 1. The molecule has 0 saturated carbocycles. The average molecular weight is 399 g/mol. The topological polar surface area (TPSA) is 83.6 Å². The van der Waals surface area contributed by atoms with Crippen LogP contribution in [0.1, 0.15) is 21.7 Å². The zero-order valence-electron chi connectivity index (χ0n) is 17.2. The summed E-state index contributed by atoms with van der Waals surface area (Å²) in [6, 6.07) is 7.04. The predicted octanol–water partition coefficient (Wildman–Crippen LogP) is 2.25. The van der Waals surface area contributed by atoms with Crippen LogP contribution in [0.4, 0.5) is 0 Å². The summed E-state index contributed by atoms with van der Waals surface area (Å²) >= 11 is 0. The van der Waals surface area contributed by atoms with Crippen LogP contribution in [0.2, 0.25) is 0 Å². The van der Waals surface area contributed by atoms with Crippen molar-refractivity contribution in [3.05, 3.63) is 53.6 Å². The molecule has 1 amide bonds. The van der Waals surface area contributed by atoms with E-state index in [4.69, 9.17) is 14.2 Å². The van der Waals surface area contributed by atoms with Gasteiger partial charge in [-0.15, -0.1) is 0 Å². The van der Waals surface area contributed by atoms with Gasteiger partial charge in [-0.05, 0) is 25.1 Å². The van der Waals surface area contributed by atoms with E-state index in [1.807, 2.05) is 26.2 Å². The van der Waals surface area contributed by atoms with Gasteiger partial charge in [0.15, 0.2) is 23.9 Å². The molecule has 2 heterocycles. The molecule has 0 aliphatic carbocycles. The van der Waals surface area contributed by atoms with E-state index >= 15 is 0 Å². The molecule has 154 valence electrons. The molecule has 9 heteroatoms. The van der Waals surface area contributed by atoms with E-state index in [0.29, 0.717) is 29.5 Å². The third-order valence-electron chi connectivity index (χ3n) is 4.45. The van der Waals surface area contributed by atoms with Crippen LogP contribution in [0.5, 0.6) is 17.2 Å². The molecule has 0 N–H and O–H groups in total. The van der Waals surface area contributed by atoms with Crippen molar-refractivity contribution in [3.63, 3.8) is 0 Å². The minimum atomic E-state index is -0.179. The molecule has 0 aliphatic heterocycles. The number of nitrogens with zero attached hydrogens (tertiary/aromatic N) is 5. The lowest BCUT2D eigenvalue weighted by Crippen LogP contribution is -2.27. The van der Waals surface area contributed by atoms with Crippen LogP contribution in [0.15, 0.2) is 36.7 Å². The second-order valence-corrected chi connectivity index (χ2v) is 6.58. The number of hydrogen-bond donors (Lipinski definition) is 0. The Kier molecular flexibility index (Phi) is 6.06. The molecule has 0 spiro atoms. The quantitative estimate of drug-likeness (QED) is 0.578. The number of ether oxygens (including phenoxy) is 3. The van der Waals surface area contributed by atoms with Crippen LogP contribution >= 0.6 is 0 Å². The number of aryl methyl sites for hydroxylation is 2. The molecule has 2 aromatic heterocycles. The van der Waals surface area contributed by atoms with E-state index in [9.17, 15) is 4.79 Å². The Morgan fingerprint density at radius 1 is 1.14 bits per heavy atom. The standard InChI is InChI=1S/C20H25N5O4/c1-14-15(12-24(3)21-14)11-23(2)20(26)16-9-10-25(22-16)13-29-19-17(27-4)7-6-8-18(19)28-5/h6-10,12H,11,13H2,1-5H3. The van der Waals surface area contributed by atoms with Gasteiger partial charge in [0.1, 0.15) is 0 Å². The van der Waals surface area contributed by atoms with Gasteiger partial charge in [-0.1, -0.05) is 6.07 Å². The first-order valence-corrected chi connectivity index (χ1v) is 9.04. The van der Waals surface area contributed by atoms with Gasteiger partial charge in [0.25, 0.3) is 5.91 Å². The summed E-state index contributed by atoms with van der Waals surface area (Å²) in [6.45, 7) is 2.49. The first-order chi connectivity index (χ1) is 13.9. The van der Waals surface area contributed by atoms with Gasteiger partial charge in [-0.3, -0.25) is 9.48 Å². The largest absolute Gasteiger partial charge is 0.493 e. The van der Waals surface area contributed by atoms with E-state index in [1.165, 1.54) is 0 Å². The third-order valence-corrected chi connectivity index (χ3v) is 4.45. The Balaban J connectivity index is 1.66. The van der Waals surface area contributed by atoms with Crippen LogP contribution in [-0.2, 0) is 20.3 Å². The van der Waals surface area contributed by atoms with Crippen molar-refractivity contribution < 1.29 is 19.0 Å². The normalized spacial score (nSPS) is 10.7. The zero-order chi connectivity index (χ0) is 21.0. The van der Waals surface area contributed by atoms with Crippen molar-refractivity contribution in [2.24, 2.45) is 7.05 Å². The zero-order valence-corrected chi connectivity index (χ0v) is 17.2. The fourth-order valence-electron chi connectivity index (χ4n) is 2.96. The van der Waals surface area contributed by atoms with Gasteiger partial charge in [0, 0.05) is 38.6 Å². The Bertz CT molecular complexity index is 972. The van der Waals surface area contributed by atoms with E-state index in [2.05, 4.69) is 10.2 Å². The second-order valence-electron chi connectivity index (χ2n) is 6.58. The summed E-state index contributed by atoms with van der Waals surface area (Å²) in [4.78, 5) is 14.3. The first-order valence-electron chi connectivity index (χ1n) is 9.04. The SMILES string of the molecule is COc1cccc(OC)c1OCn1ccc(C(=O)N(C)Cc2cn(C)nc2C)n1. The number of aromatic nitrogens is 4. The molecule has 0 unspecified atom stereocenters. The van der Waals surface area contributed by atoms with E-state index < -0.39 is 0 Å². The van der Waals surface area contributed by atoms with Crippen LogP contribution in [0.25, 0.3) is 0 Å². The summed E-state index contributed by atoms with van der Waals surface area (Å²) in [6.07, 6.45) is 3.60. The first kappa shape index (κ1) is 20.2. The van der Waals surface area contributed by atoms with Crippen molar-refractivity contribution in [1.29, 1.82) is 0 Å². The monoisotopic (exact) mass is 399 g/mol. The van der Waals surface area contributed by atoms with Crippen LogP contribution < -0.4 is 14.2 Å². The summed E-state index contributed by atoms with van der Waals surface area (Å²) in [5, 5.41) is 8.63. The molecular weight excluding hydrogens is 374 g/mol. The molecule has 3 rings (SSSR count). The van der Waals surface area contributed by atoms with Gasteiger partial charge >= 0.3 is 0 Å². The number of carbonyl (C=O) groups excluding carboxylic acids is 1. The van der Waals surface area contributed by atoms with E-state index in [1.54, 1.807) is 59.9 Å². The fraction of sp³-hybridized carbons (Fsp3) is 0.350. The fourth-order valence-corrected chi connectivity index (χ4v) is 2.96. The molecule has 0 fully saturated rings. The molecular formula is C20H25N5O4. The minimum absolute atomic E-state index is 0.107. The maximum absolute atomic E-state index is 12.7. The number of rotatable bonds is 8. The lowest BCUT2D eigenvalue weighted by molar-refractivity contribution is 0.0776. The highest BCUT2D eigenvalue weighted by molar-refractivity contribution is 5.91. The predicted molar refractivity (Wildman–Crippen MR) is 106 cm³/mol. The highest BCUT2D eigenvalue weighted by atomic mass is 16.5. The summed E-state index contributed by atoms with van der Waals surface area (Å²) in [7, 11) is 6.72. The minimum Gasteiger partial charge on any atom is -0.493 e. The van der Waals surface area contributed by atoms with Crippen molar-refractivity contribution >= 4 is 5.91 Å². The Morgan fingerprint density at radius 2 is 1.83 bits per heavy atom. The third kappa shape index (κ3) is 4.50. The molecule has 0 radical (unpaired) electrons. The van der Waals surface area contributed by atoms with Gasteiger partial charge in [-0.25, -0.2) is 4.68 Å². The van der Waals surface area contributed by atoms with Crippen molar-refractivity contribution in [1.82, 2.24) is 24.5 Å². The molecule has 9 nitrogen and oxygen atoms in total.